The molecule has 1 unspecified atom stereocenters. The van der Waals surface area contributed by atoms with Gasteiger partial charge < -0.3 is 15.5 Å². The van der Waals surface area contributed by atoms with Crippen molar-refractivity contribution in [3.8, 4) is 0 Å². The highest BCUT2D eigenvalue weighted by molar-refractivity contribution is 9.10. The minimum atomic E-state index is 0.399. The number of aliphatic imine (C=N–C) groups is 1. The van der Waals surface area contributed by atoms with Crippen molar-refractivity contribution >= 4 is 38.9 Å². The summed E-state index contributed by atoms with van der Waals surface area (Å²) in [5.41, 5.74) is 2.38. The minimum absolute atomic E-state index is 0.399. The number of benzene rings is 1. The highest BCUT2D eigenvalue weighted by Gasteiger charge is 2.23. The lowest BCUT2D eigenvalue weighted by atomic mass is 10.3. The van der Waals surface area contributed by atoms with Crippen molar-refractivity contribution in [3.05, 3.63) is 44.3 Å². The summed E-state index contributed by atoms with van der Waals surface area (Å²) < 4.78 is 1.12. The second-order valence-corrected chi connectivity index (χ2v) is 8.70. The third-order valence-corrected chi connectivity index (χ3v) is 6.10. The number of halogens is 1. The second-order valence-electron chi connectivity index (χ2n) is 6.50. The van der Waals surface area contributed by atoms with Crippen LogP contribution in [0, 0.1) is 13.8 Å². The molecule has 0 amide bonds. The van der Waals surface area contributed by atoms with Crippen molar-refractivity contribution in [1.29, 1.82) is 0 Å². The molecular weight excluding hydrogens is 410 g/mol. The standard InChI is InChI=1S/C19H26BrN5S/c1-4-21-19(22-11-18-23-13(2)14(3)26-18)24-16-9-10-25(12-16)17-7-5-15(20)6-8-17/h5-8,16H,4,9-12H2,1-3H3,(H2,21,22,24). The Bertz CT molecular complexity index is 736. The fourth-order valence-corrected chi connectivity index (χ4v) is 4.15. The van der Waals surface area contributed by atoms with Crippen LogP contribution in [-0.4, -0.2) is 36.6 Å². The third kappa shape index (κ3) is 4.98. The largest absolute Gasteiger partial charge is 0.369 e. The Hall–Kier alpha value is -1.60. The first-order valence-electron chi connectivity index (χ1n) is 9.03. The molecule has 1 atom stereocenters. The van der Waals surface area contributed by atoms with Crippen molar-refractivity contribution in [2.45, 2.75) is 39.8 Å². The number of rotatable bonds is 5. The smallest absolute Gasteiger partial charge is 0.191 e. The van der Waals surface area contributed by atoms with E-state index in [9.17, 15) is 0 Å². The van der Waals surface area contributed by atoms with E-state index in [2.05, 4.69) is 81.5 Å². The number of aryl methyl sites for hydroxylation is 2. The molecule has 1 aliphatic heterocycles. The van der Waals surface area contributed by atoms with Crippen LogP contribution in [0.2, 0.25) is 0 Å². The molecule has 2 heterocycles. The molecule has 7 heteroatoms. The molecule has 1 saturated heterocycles. The highest BCUT2D eigenvalue weighted by Crippen LogP contribution is 2.22. The first kappa shape index (κ1) is 19.2. The number of hydrogen-bond acceptors (Lipinski definition) is 4. The number of hydrogen-bond donors (Lipinski definition) is 2. The Balaban J connectivity index is 1.59. The van der Waals surface area contributed by atoms with Gasteiger partial charge in [0.2, 0.25) is 0 Å². The molecule has 1 aliphatic rings. The first-order valence-corrected chi connectivity index (χ1v) is 10.6. The molecule has 0 bridgehead atoms. The molecule has 0 spiro atoms. The molecular formula is C19H26BrN5S. The van der Waals surface area contributed by atoms with Gasteiger partial charge in [-0.2, -0.15) is 0 Å². The zero-order chi connectivity index (χ0) is 18.5. The lowest BCUT2D eigenvalue weighted by molar-refractivity contribution is 0.649. The van der Waals surface area contributed by atoms with Gasteiger partial charge in [0.25, 0.3) is 0 Å². The fraction of sp³-hybridized carbons (Fsp3) is 0.474. The van der Waals surface area contributed by atoms with E-state index in [-0.39, 0.29) is 0 Å². The molecule has 5 nitrogen and oxygen atoms in total. The number of anilines is 1. The summed E-state index contributed by atoms with van der Waals surface area (Å²) in [5.74, 6) is 0.876. The first-order chi connectivity index (χ1) is 12.5. The summed E-state index contributed by atoms with van der Waals surface area (Å²) in [6, 6.07) is 8.92. The SMILES string of the molecule is CCNC(=NCc1nc(C)c(C)s1)NC1CCN(c2ccc(Br)cc2)C1. The number of thiazole rings is 1. The lowest BCUT2D eigenvalue weighted by Gasteiger charge is -2.20. The lowest BCUT2D eigenvalue weighted by Crippen LogP contribution is -2.44. The molecule has 0 aliphatic carbocycles. The summed E-state index contributed by atoms with van der Waals surface area (Å²) in [4.78, 5) is 13.0. The van der Waals surface area contributed by atoms with E-state index < -0.39 is 0 Å². The number of nitrogens with zero attached hydrogens (tertiary/aromatic N) is 3. The Kier molecular flexibility index (Phi) is 6.53. The zero-order valence-electron chi connectivity index (χ0n) is 15.6. The van der Waals surface area contributed by atoms with Crippen LogP contribution in [0.25, 0.3) is 0 Å². The van der Waals surface area contributed by atoms with E-state index in [0.717, 1.165) is 47.2 Å². The van der Waals surface area contributed by atoms with Crippen LogP contribution in [-0.2, 0) is 6.54 Å². The predicted octanol–water partition coefficient (Wildman–Crippen LogP) is 3.86. The Labute approximate surface area is 168 Å². The maximum absolute atomic E-state index is 4.73. The van der Waals surface area contributed by atoms with Crippen molar-refractivity contribution < 1.29 is 0 Å². The highest BCUT2D eigenvalue weighted by atomic mass is 79.9. The third-order valence-electron chi connectivity index (χ3n) is 4.51. The summed E-state index contributed by atoms with van der Waals surface area (Å²) in [6.45, 7) is 9.78. The minimum Gasteiger partial charge on any atom is -0.369 e. The molecule has 3 rings (SSSR count). The average molecular weight is 436 g/mol. The summed E-state index contributed by atoms with van der Waals surface area (Å²) >= 11 is 5.23. The van der Waals surface area contributed by atoms with Gasteiger partial charge in [-0.15, -0.1) is 11.3 Å². The van der Waals surface area contributed by atoms with Crippen LogP contribution >= 0.6 is 27.3 Å². The van der Waals surface area contributed by atoms with E-state index in [1.165, 1.54) is 10.6 Å². The second kappa shape index (κ2) is 8.86. The Morgan fingerprint density at radius 1 is 1.35 bits per heavy atom. The van der Waals surface area contributed by atoms with Gasteiger partial charge in [0.15, 0.2) is 5.96 Å². The maximum Gasteiger partial charge on any atom is 0.191 e. The van der Waals surface area contributed by atoms with Gasteiger partial charge in [-0.3, -0.25) is 0 Å². The molecule has 1 aromatic carbocycles. The van der Waals surface area contributed by atoms with Crippen LogP contribution in [0.4, 0.5) is 5.69 Å². The zero-order valence-corrected chi connectivity index (χ0v) is 18.0. The van der Waals surface area contributed by atoms with E-state index in [1.54, 1.807) is 11.3 Å². The maximum atomic E-state index is 4.73. The van der Waals surface area contributed by atoms with Crippen molar-refractivity contribution in [1.82, 2.24) is 15.6 Å². The van der Waals surface area contributed by atoms with Crippen molar-refractivity contribution in [2.75, 3.05) is 24.5 Å². The van der Waals surface area contributed by atoms with Gasteiger partial charge in [0.05, 0.1) is 12.2 Å². The average Bonchev–Trinajstić information content (AvgIpc) is 3.20. The molecule has 2 aromatic rings. The number of nitrogens with one attached hydrogen (secondary N) is 2. The summed E-state index contributed by atoms with van der Waals surface area (Å²) in [7, 11) is 0. The normalized spacial score (nSPS) is 17.6. The van der Waals surface area contributed by atoms with Crippen molar-refractivity contribution in [2.24, 2.45) is 4.99 Å². The van der Waals surface area contributed by atoms with E-state index >= 15 is 0 Å². The predicted molar refractivity (Wildman–Crippen MR) is 114 cm³/mol. The van der Waals surface area contributed by atoms with Gasteiger partial charge in [0, 0.05) is 40.7 Å². The van der Waals surface area contributed by atoms with Gasteiger partial charge >= 0.3 is 0 Å². The van der Waals surface area contributed by atoms with Crippen LogP contribution < -0.4 is 15.5 Å². The molecule has 0 saturated carbocycles. The van der Waals surface area contributed by atoms with E-state index in [4.69, 9.17) is 4.99 Å². The summed E-state index contributed by atoms with van der Waals surface area (Å²) in [5, 5.41) is 8.01. The van der Waals surface area contributed by atoms with Gasteiger partial charge in [0.1, 0.15) is 5.01 Å². The monoisotopic (exact) mass is 435 g/mol. The summed E-state index contributed by atoms with van der Waals surface area (Å²) in [6.07, 6.45) is 1.11. The van der Waals surface area contributed by atoms with Gasteiger partial charge in [-0.05, 0) is 51.5 Å². The van der Waals surface area contributed by atoms with Gasteiger partial charge in [-0.25, -0.2) is 9.98 Å². The van der Waals surface area contributed by atoms with Crippen LogP contribution in [0.1, 0.15) is 28.9 Å². The van der Waals surface area contributed by atoms with Crippen LogP contribution in [0.3, 0.4) is 0 Å². The number of guanidine groups is 1. The van der Waals surface area contributed by atoms with Crippen molar-refractivity contribution in [3.63, 3.8) is 0 Å². The van der Waals surface area contributed by atoms with Crippen LogP contribution in [0.5, 0.6) is 0 Å². The van der Waals surface area contributed by atoms with Gasteiger partial charge in [-0.1, -0.05) is 15.9 Å². The fourth-order valence-electron chi connectivity index (χ4n) is 3.03. The molecule has 0 radical (unpaired) electrons. The topological polar surface area (TPSA) is 52.6 Å². The van der Waals surface area contributed by atoms with Crippen LogP contribution in [0.15, 0.2) is 33.7 Å². The van der Waals surface area contributed by atoms with E-state index in [1.807, 2.05) is 0 Å². The number of aromatic nitrogens is 1. The molecule has 2 N–H and O–H groups in total. The molecule has 1 aromatic heterocycles. The molecule has 140 valence electrons. The quantitative estimate of drug-likeness (QED) is 0.552. The molecule has 26 heavy (non-hydrogen) atoms. The van der Waals surface area contributed by atoms with E-state index in [0.29, 0.717) is 12.6 Å². The Morgan fingerprint density at radius 2 is 2.12 bits per heavy atom. The molecule has 1 fully saturated rings. The Morgan fingerprint density at radius 3 is 2.77 bits per heavy atom.